The third kappa shape index (κ3) is 3.89. The summed E-state index contributed by atoms with van der Waals surface area (Å²) >= 11 is 1.48. The van der Waals surface area contributed by atoms with E-state index in [1.165, 1.54) is 11.8 Å². The van der Waals surface area contributed by atoms with Gasteiger partial charge < -0.3 is 10.1 Å². The van der Waals surface area contributed by atoms with Gasteiger partial charge in [0.05, 0.1) is 0 Å². The maximum absolute atomic E-state index is 6.54. The molecule has 1 aromatic carbocycles. The molecule has 25 heavy (non-hydrogen) atoms. The molecule has 134 valence electrons. The van der Waals surface area contributed by atoms with E-state index >= 15 is 0 Å². The number of rotatable bonds is 7. The van der Waals surface area contributed by atoms with Crippen molar-refractivity contribution in [3.8, 4) is 17.1 Å². The van der Waals surface area contributed by atoms with Crippen molar-refractivity contribution < 1.29 is 4.74 Å². The van der Waals surface area contributed by atoms with Crippen LogP contribution in [0.5, 0.6) is 5.88 Å². The quantitative estimate of drug-likeness (QED) is 0.691. The Morgan fingerprint density at radius 2 is 1.80 bits per heavy atom. The third-order valence-corrected chi connectivity index (χ3v) is 5.06. The SMILES string of the molecule is CCCCC1(CCCC)Nc2ccccc2-c2nnc(SC)nc2O1. The number of thioether (sulfide) groups is 1. The Bertz CT molecular complexity index is 714. The number of unbranched alkanes of at least 4 members (excludes halogenated alkanes) is 2. The van der Waals surface area contributed by atoms with Crippen LogP contribution in [0.4, 0.5) is 5.69 Å². The highest BCUT2D eigenvalue weighted by Gasteiger charge is 2.36. The molecule has 0 saturated heterocycles. The third-order valence-electron chi connectivity index (χ3n) is 4.52. The fraction of sp³-hybridized carbons (Fsp3) is 0.526. The molecule has 0 radical (unpaired) electrons. The zero-order chi connectivity index (χ0) is 17.7. The van der Waals surface area contributed by atoms with Crippen LogP contribution in [0.1, 0.15) is 52.4 Å². The van der Waals surface area contributed by atoms with Gasteiger partial charge in [0.25, 0.3) is 0 Å². The highest BCUT2D eigenvalue weighted by molar-refractivity contribution is 7.98. The summed E-state index contributed by atoms with van der Waals surface area (Å²) in [7, 11) is 0. The molecule has 2 aromatic rings. The van der Waals surface area contributed by atoms with Crippen LogP contribution >= 0.6 is 11.8 Å². The first-order valence-electron chi connectivity index (χ1n) is 9.06. The minimum absolute atomic E-state index is 0.445. The number of aromatic nitrogens is 3. The van der Waals surface area contributed by atoms with E-state index in [1.807, 2.05) is 18.4 Å². The van der Waals surface area contributed by atoms with E-state index in [2.05, 4.69) is 46.5 Å². The molecule has 0 fully saturated rings. The molecule has 5 nitrogen and oxygen atoms in total. The predicted molar refractivity (Wildman–Crippen MR) is 103 cm³/mol. The highest BCUT2D eigenvalue weighted by atomic mass is 32.2. The fourth-order valence-corrected chi connectivity index (χ4v) is 3.45. The number of nitrogens with one attached hydrogen (secondary N) is 1. The van der Waals surface area contributed by atoms with Crippen LogP contribution in [-0.4, -0.2) is 27.2 Å². The second-order valence-corrected chi connectivity index (χ2v) is 7.20. The van der Waals surface area contributed by atoms with Crippen molar-refractivity contribution in [2.45, 2.75) is 63.3 Å². The zero-order valence-corrected chi connectivity index (χ0v) is 16.0. The van der Waals surface area contributed by atoms with Crippen LogP contribution < -0.4 is 10.1 Å². The largest absolute Gasteiger partial charge is 0.449 e. The Hall–Kier alpha value is -1.82. The van der Waals surface area contributed by atoms with Gasteiger partial charge >= 0.3 is 0 Å². The minimum Gasteiger partial charge on any atom is -0.449 e. The minimum atomic E-state index is -0.445. The summed E-state index contributed by atoms with van der Waals surface area (Å²) in [5, 5.41) is 13.0. The Morgan fingerprint density at radius 1 is 1.08 bits per heavy atom. The molecule has 6 heteroatoms. The molecular formula is C19H26N4OS. The van der Waals surface area contributed by atoms with Crippen LogP contribution in [-0.2, 0) is 0 Å². The van der Waals surface area contributed by atoms with Gasteiger partial charge in [-0.05, 0) is 25.2 Å². The van der Waals surface area contributed by atoms with Gasteiger partial charge in [-0.3, -0.25) is 0 Å². The van der Waals surface area contributed by atoms with Crippen LogP contribution in [0.15, 0.2) is 29.4 Å². The number of hydrogen-bond acceptors (Lipinski definition) is 6. The van der Waals surface area contributed by atoms with Crippen molar-refractivity contribution in [2.24, 2.45) is 0 Å². The zero-order valence-electron chi connectivity index (χ0n) is 15.2. The molecule has 1 aliphatic rings. The van der Waals surface area contributed by atoms with E-state index in [9.17, 15) is 0 Å². The lowest BCUT2D eigenvalue weighted by atomic mass is 9.98. The first kappa shape index (κ1) is 18.0. The van der Waals surface area contributed by atoms with Crippen molar-refractivity contribution in [1.82, 2.24) is 15.2 Å². The van der Waals surface area contributed by atoms with Gasteiger partial charge in [-0.25, -0.2) is 0 Å². The summed E-state index contributed by atoms with van der Waals surface area (Å²) in [6.07, 6.45) is 8.29. The topological polar surface area (TPSA) is 59.9 Å². The van der Waals surface area contributed by atoms with Gasteiger partial charge in [-0.2, -0.15) is 4.98 Å². The molecule has 2 heterocycles. The molecule has 0 bridgehead atoms. The summed E-state index contributed by atoms with van der Waals surface area (Å²) < 4.78 is 6.54. The normalized spacial score (nSPS) is 14.7. The summed E-state index contributed by atoms with van der Waals surface area (Å²) in [6.45, 7) is 4.42. The van der Waals surface area contributed by atoms with Crippen molar-refractivity contribution in [1.29, 1.82) is 0 Å². The molecule has 0 atom stereocenters. The molecule has 1 aliphatic heterocycles. The van der Waals surface area contributed by atoms with Gasteiger partial charge in [-0.1, -0.05) is 56.7 Å². The summed E-state index contributed by atoms with van der Waals surface area (Å²) in [4.78, 5) is 4.63. The maximum Gasteiger partial charge on any atom is 0.247 e. The Kier molecular flexibility index (Phi) is 5.78. The van der Waals surface area contributed by atoms with E-state index in [-0.39, 0.29) is 0 Å². The monoisotopic (exact) mass is 358 g/mol. The van der Waals surface area contributed by atoms with Crippen molar-refractivity contribution in [3.63, 3.8) is 0 Å². The van der Waals surface area contributed by atoms with Gasteiger partial charge in [-0.15, -0.1) is 10.2 Å². The van der Waals surface area contributed by atoms with Crippen molar-refractivity contribution >= 4 is 17.4 Å². The Labute approximate surface area is 154 Å². The van der Waals surface area contributed by atoms with E-state index in [4.69, 9.17) is 4.74 Å². The molecule has 1 N–H and O–H groups in total. The molecule has 0 aliphatic carbocycles. The van der Waals surface area contributed by atoms with Crippen LogP contribution in [0, 0.1) is 0 Å². The first-order chi connectivity index (χ1) is 12.2. The molecule has 0 spiro atoms. The molecule has 3 rings (SSSR count). The van der Waals surface area contributed by atoms with E-state index in [0.717, 1.165) is 55.5 Å². The van der Waals surface area contributed by atoms with Crippen molar-refractivity contribution in [3.05, 3.63) is 24.3 Å². The molecular weight excluding hydrogens is 332 g/mol. The number of anilines is 1. The van der Waals surface area contributed by atoms with Gasteiger partial charge in [0.15, 0.2) is 11.4 Å². The van der Waals surface area contributed by atoms with Crippen LogP contribution in [0.2, 0.25) is 0 Å². The first-order valence-corrected chi connectivity index (χ1v) is 10.3. The number of fused-ring (bicyclic) bond motifs is 3. The Balaban J connectivity index is 2.10. The number of ether oxygens (including phenoxy) is 1. The lowest BCUT2D eigenvalue weighted by Crippen LogP contribution is -2.44. The average molecular weight is 359 g/mol. The molecule has 0 amide bonds. The average Bonchev–Trinajstić information content (AvgIpc) is 2.78. The van der Waals surface area contributed by atoms with Crippen molar-refractivity contribution in [2.75, 3.05) is 11.6 Å². The van der Waals surface area contributed by atoms with Crippen LogP contribution in [0.25, 0.3) is 11.3 Å². The number of benzene rings is 1. The van der Waals surface area contributed by atoms with Crippen LogP contribution in [0.3, 0.4) is 0 Å². The second-order valence-electron chi connectivity index (χ2n) is 6.43. The smallest absolute Gasteiger partial charge is 0.247 e. The maximum atomic E-state index is 6.54. The second kappa shape index (κ2) is 8.04. The summed E-state index contributed by atoms with van der Waals surface area (Å²) in [6, 6.07) is 8.19. The standard InChI is InChI=1S/C19H26N4OS/c1-4-6-12-19(13-7-5-2)21-15-11-9-8-10-14(15)16-17(24-19)20-18(25-3)23-22-16/h8-11,21H,4-7,12-13H2,1-3H3. The predicted octanol–water partition coefficient (Wildman–Crippen LogP) is 5.14. The van der Waals surface area contributed by atoms with Gasteiger partial charge in [0.1, 0.15) is 0 Å². The van der Waals surface area contributed by atoms with E-state index in [0.29, 0.717) is 11.0 Å². The Morgan fingerprint density at radius 3 is 2.48 bits per heavy atom. The number of hydrogen-bond donors (Lipinski definition) is 1. The van der Waals surface area contributed by atoms with E-state index < -0.39 is 5.72 Å². The molecule has 1 aromatic heterocycles. The molecule has 0 unspecified atom stereocenters. The highest BCUT2D eigenvalue weighted by Crippen LogP contribution is 2.41. The lowest BCUT2D eigenvalue weighted by molar-refractivity contribution is 0.0695. The van der Waals surface area contributed by atoms with E-state index in [1.54, 1.807) is 0 Å². The number of para-hydroxylation sites is 1. The molecule has 0 saturated carbocycles. The van der Waals surface area contributed by atoms with Gasteiger partial charge in [0, 0.05) is 24.1 Å². The number of nitrogens with zero attached hydrogens (tertiary/aromatic N) is 3. The summed E-state index contributed by atoms with van der Waals surface area (Å²) in [5.41, 5.74) is 2.32. The lowest BCUT2D eigenvalue weighted by Gasteiger charge is -2.34. The van der Waals surface area contributed by atoms with Gasteiger partial charge in [0.2, 0.25) is 11.0 Å². The fourth-order valence-electron chi connectivity index (χ4n) is 3.16. The summed E-state index contributed by atoms with van der Waals surface area (Å²) in [5.74, 6) is 0.587.